The fourth-order valence-electron chi connectivity index (χ4n) is 4.97. The average Bonchev–Trinajstić information content (AvgIpc) is 3.18. The SMILES string of the molecule is Cn1cnc(C2CC3CC(O)(CC(N)=O)C3C2)c1C(=O)Nc1ccc(F)c(Cl)c1. The van der Waals surface area contributed by atoms with Crippen LogP contribution in [0.15, 0.2) is 24.5 Å². The predicted molar refractivity (Wildman–Crippen MR) is 105 cm³/mol. The number of carbonyl (C=O) groups is 2. The predicted octanol–water partition coefficient (Wildman–Crippen LogP) is 2.58. The van der Waals surface area contributed by atoms with Crippen LogP contribution >= 0.6 is 11.6 Å². The Morgan fingerprint density at radius 1 is 1.45 bits per heavy atom. The monoisotopic (exact) mass is 420 g/mol. The molecule has 9 heteroatoms. The molecule has 7 nitrogen and oxygen atoms in total. The van der Waals surface area contributed by atoms with Gasteiger partial charge in [-0.25, -0.2) is 9.37 Å². The van der Waals surface area contributed by atoms with Crippen LogP contribution in [0.3, 0.4) is 0 Å². The van der Waals surface area contributed by atoms with E-state index in [1.165, 1.54) is 18.2 Å². The van der Waals surface area contributed by atoms with Crippen molar-refractivity contribution in [2.24, 2.45) is 24.6 Å². The van der Waals surface area contributed by atoms with Gasteiger partial charge < -0.3 is 20.7 Å². The van der Waals surface area contributed by atoms with Gasteiger partial charge in [-0.3, -0.25) is 9.59 Å². The van der Waals surface area contributed by atoms with E-state index in [2.05, 4.69) is 10.3 Å². The molecule has 2 amide bonds. The number of benzene rings is 1. The number of rotatable bonds is 5. The number of nitrogens with one attached hydrogen (secondary N) is 1. The summed E-state index contributed by atoms with van der Waals surface area (Å²) < 4.78 is 15.0. The van der Waals surface area contributed by atoms with Gasteiger partial charge in [-0.2, -0.15) is 0 Å². The molecule has 0 aliphatic heterocycles. The summed E-state index contributed by atoms with van der Waals surface area (Å²) in [5, 5.41) is 13.4. The normalized spacial score (nSPS) is 27.9. The summed E-state index contributed by atoms with van der Waals surface area (Å²) >= 11 is 5.79. The van der Waals surface area contributed by atoms with E-state index in [9.17, 15) is 19.1 Å². The number of hydrogen-bond acceptors (Lipinski definition) is 4. The van der Waals surface area contributed by atoms with Gasteiger partial charge in [0.2, 0.25) is 5.91 Å². The molecule has 1 aromatic heterocycles. The molecule has 0 saturated heterocycles. The molecule has 2 fully saturated rings. The van der Waals surface area contributed by atoms with Crippen LogP contribution in [0.5, 0.6) is 0 Å². The van der Waals surface area contributed by atoms with Crippen molar-refractivity contribution in [3.63, 3.8) is 0 Å². The number of amides is 2. The average molecular weight is 421 g/mol. The van der Waals surface area contributed by atoms with Crippen molar-refractivity contribution >= 4 is 29.1 Å². The first-order valence-corrected chi connectivity index (χ1v) is 9.84. The number of aryl methyl sites for hydroxylation is 1. The van der Waals surface area contributed by atoms with E-state index in [-0.39, 0.29) is 35.1 Å². The Morgan fingerprint density at radius 3 is 2.90 bits per heavy atom. The molecular formula is C20H22ClFN4O3. The third-order valence-corrected chi connectivity index (χ3v) is 6.52. The van der Waals surface area contributed by atoms with Crippen LogP contribution in [0, 0.1) is 17.7 Å². The molecule has 4 unspecified atom stereocenters. The second-order valence-electron chi connectivity index (χ2n) is 8.16. The van der Waals surface area contributed by atoms with Crippen LogP contribution in [-0.4, -0.2) is 32.1 Å². The third-order valence-electron chi connectivity index (χ3n) is 6.23. The number of nitrogens with two attached hydrogens (primary N) is 1. The molecule has 4 atom stereocenters. The highest BCUT2D eigenvalue weighted by Crippen LogP contribution is 2.59. The molecule has 1 heterocycles. The van der Waals surface area contributed by atoms with Gasteiger partial charge in [-0.1, -0.05) is 11.6 Å². The van der Waals surface area contributed by atoms with Crippen molar-refractivity contribution in [1.29, 1.82) is 0 Å². The molecule has 154 valence electrons. The van der Waals surface area contributed by atoms with E-state index < -0.39 is 17.3 Å². The lowest BCUT2D eigenvalue weighted by Gasteiger charge is -2.48. The van der Waals surface area contributed by atoms with Crippen molar-refractivity contribution < 1.29 is 19.1 Å². The zero-order chi connectivity index (χ0) is 20.9. The summed E-state index contributed by atoms with van der Waals surface area (Å²) in [5.74, 6) is -1.16. The number of aliphatic hydroxyl groups is 1. The van der Waals surface area contributed by atoms with E-state index >= 15 is 0 Å². The second-order valence-corrected chi connectivity index (χ2v) is 8.57. The maximum atomic E-state index is 13.4. The number of aromatic nitrogens is 2. The summed E-state index contributed by atoms with van der Waals surface area (Å²) in [5.41, 5.74) is 5.69. The quantitative estimate of drug-likeness (QED) is 0.690. The number of carbonyl (C=O) groups excluding carboxylic acids is 2. The van der Waals surface area contributed by atoms with Gasteiger partial charge in [-0.15, -0.1) is 0 Å². The third kappa shape index (κ3) is 3.51. The van der Waals surface area contributed by atoms with Crippen LogP contribution < -0.4 is 11.1 Å². The Balaban J connectivity index is 1.53. The van der Waals surface area contributed by atoms with E-state index in [0.29, 0.717) is 29.9 Å². The molecule has 0 radical (unpaired) electrons. The Kier molecular flexibility index (Phi) is 4.86. The molecule has 29 heavy (non-hydrogen) atoms. The van der Waals surface area contributed by atoms with Gasteiger partial charge in [0, 0.05) is 18.7 Å². The zero-order valence-electron chi connectivity index (χ0n) is 15.9. The van der Waals surface area contributed by atoms with Crippen LogP contribution in [0.1, 0.15) is 47.8 Å². The van der Waals surface area contributed by atoms with E-state index in [1.54, 1.807) is 17.9 Å². The minimum Gasteiger partial charge on any atom is -0.389 e. The number of nitrogens with zero attached hydrogens (tertiary/aromatic N) is 2. The number of anilines is 1. The lowest BCUT2D eigenvalue weighted by Crippen LogP contribution is -2.53. The Hall–Kier alpha value is -2.45. The number of fused-ring (bicyclic) bond motifs is 1. The summed E-state index contributed by atoms with van der Waals surface area (Å²) in [4.78, 5) is 28.6. The summed E-state index contributed by atoms with van der Waals surface area (Å²) in [6, 6.07) is 3.98. The lowest BCUT2D eigenvalue weighted by atomic mass is 9.61. The molecule has 2 aliphatic carbocycles. The molecule has 0 spiro atoms. The first-order valence-electron chi connectivity index (χ1n) is 9.46. The number of imidazole rings is 1. The smallest absolute Gasteiger partial charge is 0.274 e. The highest BCUT2D eigenvalue weighted by molar-refractivity contribution is 6.31. The number of halogens is 2. The van der Waals surface area contributed by atoms with Gasteiger partial charge in [0.05, 0.1) is 29.1 Å². The van der Waals surface area contributed by atoms with Gasteiger partial charge in [0.1, 0.15) is 11.5 Å². The largest absolute Gasteiger partial charge is 0.389 e. The molecular weight excluding hydrogens is 399 g/mol. The van der Waals surface area contributed by atoms with Crippen LogP contribution in [0.2, 0.25) is 5.02 Å². The zero-order valence-corrected chi connectivity index (χ0v) is 16.6. The molecule has 4 rings (SSSR count). The van der Waals surface area contributed by atoms with Gasteiger partial charge in [0.15, 0.2) is 0 Å². The fourth-order valence-corrected chi connectivity index (χ4v) is 5.15. The molecule has 2 aromatic rings. The van der Waals surface area contributed by atoms with Crippen molar-refractivity contribution in [3.8, 4) is 0 Å². The van der Waals surface area contributed by atoms with E-state index in [0.717, 1.165) is 6.42 Å². The van der Waals surface area contributed by atoms with Gasteiger partial charge in [0.25, 0.3) is 5.91 Å². The minimum atomic E-state index is -1.05. The summed E-state index contributed by atoms with van der Waals surface area (Å²) in [6.07, 6.45) is 3.53. The van der Waals surface area contributed by atoms with E-state index in [4.69, 9.17) is 17.3 Å². The van der Waals surface area contributed by atoms with Crippen molar-refractivity contribution in [2.45, 2.75) is 37.2 Å². The molecule has 4 N–H and O–H groups in total. The first kappa shape index (κ1) is 19.8. The highest BCUT2D eigenvalue weighted by Gasteiger charge is 2.58. The Labute approximate surface area is 172 Å². The molecule has 2 aliphatic rings. The van der Waals surface area contributed by atoms with Crippen LogP contribution in [0.25, 0.3) is 0 Å². The summed E-state index contributed by atoms with van der Waals surface area (Å²) in [7, 11) is 1.73. The Morgan fingerprint density at radius 2 is 2.21 bits per heavy atom. The first-order chi connectivity index (χ1) is 13.7. The number of primary amides is 1. The lowest BCUT2D eigenvalue weighted by molar-refractivity contribution is -0.148. The van der Waals surface area contributed by atoms with Gasteiger partial charge in [-0.05, 0) is 49.3 Å². The van der Waals surface area contributed by atoms with Crippen molar-refractivity contribution in [2.75, 3.05) is 5.32 Å². The van der Waals surface area contributed by atoms with Crippen molar-refractivity contribution in [1.82, 2.24) is 9.55 Å². The summed E-state index contributed by atoms with van der Waals surface area (Å²) in [6.45, 7) is 0. The molecule has 2 saturated carbocycles. The number of hydrogen-bond donors (Lipinski definition) is 3. The van der Waals surface area contributed by atoms with Crippen molar-refractivity contribution in [3.05, 3.63) is 46.8 Å². The topological polar surface area (TPSA) is 110 Å². The minimum absolute atomic E-state index is 0.00524. The maximum absolute atomic E-state index is 13.4. The molecule has 0 bridgehead atoms. The van der Waals surface area contributed by atoms with Crippen LogP contribution in [-0.2, 0) is 11.8 Å². The highest BCUT2D eigenvalue weighted by atomic mass is 35.5. The molecule has 1 aromatic carbocycles. The standard InChI is InChI=1S/C20H22ClFN4O3/c1-26-9-24-17(10-4-11-7-20(29,8-16(23)27)13(11)5-10)18(26)19(28)25-12-2-3-15(22)14(21)6-12/h2-3,6,9-11,13,29H,4-5,7-8H2,1H3,(H2,23,27)(H,25,28). The maximum Gasteiger partial charge on any atom is 0.274 e. The fraction of sp³-hybridized carbons (Fsp3) is 0.450. The second kappa shape index (κ2) is 7.11. The van der Waals surface area contributed by atoms with E-state index in [1.807, 2.05) is 0 Å². The Bertz CT molecular complexity index is 994. The van der Waals surface area contributed by atoms with Crippen LogP contribution in [0.4, 0.5) is 10.1 Å². The van der Waals surface area contributed by atoms with Gasteiger partial charge >= 0.3 is 0 Å².